The zero-order chi connectivity index (χ0) is 9.35. The summed E-state index contributed by atoms with van der Waals surface area (Å²) in [6, 6.07) is 0.327. The van der Waals surface area contributed by atoms with Crippen molar-refractivity contribution in [3.05, 3.63) is 0 Å². The number of carboxylic acid groups (broad SMARTS) is 1. The maximum absolute atomic E-state index is 11.0. The highest BCUT2D eigenvalue weighted by molar-refractivity contribution is 5.78. The van der Waals surface area contributed by atoms with E-state index in [0.717, 1.165) is 19.4 Å². The molecule has 0 aromatic heterocycles. The van der Waals surface area contributed by atoms with Crippen LogP contribution in [0.5, 0.6) is 0 Å². The molecule has 0 radical (unpaired) electrons. The molecule has 1 atom stereocenters. The molecule has 0 bridgehead atoms. The largest absolute Gasteiger partial charge is 0.480 e. The molecule has 1 aliphatic rings. The highest BCUT2D eigenvalue weighted by Gasteiger charge is 2.44. The Morgan fingerprint density at radius 3 is 2.50 bits per heavy atom. The van der Waals surface area contributed by atoms with Crippen LogP contribution in [-0.2, 0) is 4.79 Å². The van der Waals surface area contributed by atoms with E-state index < -0.39 is 11.5 Å². The van der Waals surface area contributed by atoms with Gasteiger partial charge >= 0.3 is 5.97 Å². The van der Waals surface area contributed by atoms with Crippen molar-refractivity contribution in [1.82, 2.24) is 4.90 Å². The summed E-state index contributed by atoms with van der Waals surface area (Å²) >= 11 is 0. The van der Waals surface area contributed by atoms with E-state index in [9.17, 15) is 4.79 Å². The van der Waals surface area contributed by atoms with Crippen LogP contribution in [-0.4, -0.2) is 34.1 Å². The molecule has 0 aromatic carbocycles. The lowest BCUT2D eigenvalue weighted by atomic mass is 9.98. The van der Waals surface area contributed by atoms with Crippen LogP contribution in [0, 0.1) is 0 Å². The van der Waals surface area contributed by atoms with Gasteiger partial charge in [-0.2, -0.15) is 0 Å². The van der Waals surface area contributed by atoms with Gasteiger partial charge in [-0.15, -0.1) is 0 Å². The maximum atomic E-state index is 11.0. The quantitative estimate of drug-likeness (QED) is 0.681. The van der Waals surface area contributed by atoms with Gasteiger partial charge in [-0.1, -0.05) is 0 Å². The lowest BCUT2D eigenvalue weighted by Crippen LogP contribution is -2.50. The van der Waals surface area contributed by atoms with Crippen molar-refractivity contribution < 1.29 is 9.90 Å². The van der Waals surface area contributed by atoms with Crippen LogP contribution in [0.4, 0.5) is 0 Å². The van der Waals surface area contributed by atoms with E-state index >= 15 is 0 Å². The van der Waals surface area contributed by atoms with Crippen molar-refractivity contribution in [3.63, 3.8) is 0 Å². The first kappa shape index (κ1) is 9.52. The zero-order valence-electron chi connectivity index (χ0n) is 8.00. The van der Waals surface area contributed by atoms with Gasteiger partial charge in [0, 0.05) is 6.04 Å². The van der Waals surface area contributed by atoms with Crippen LogP contribution in [0.15, 0.2) is 0 Å². The Hall–Kier alpha value is -0.570. The van der Waals surface area contributed by atoms with Crippen LogP contribution in [0.2, 0.25) is 0 Å². The molecule has 3 nitrogen and oxygen atoms in total. The molecule has 0 aliphatic carbocycles. The fourth-order valence-corrected chi connectivity index (χ4v) is 2.04. The summed E-state index contributed by atoms with van der Waals surface area (Å²) in [6.07, 6.45) is 1.78. The average Bonchev–Trinajstić information content (AvgIpc) is 2.32. The van der Waals surface area contributed by atoms with Gasteiger partial charge in [-0.05, 0) is 40.2 Å². The normalized spacial score (nSPS) is 31.3. The highest BCUT2D eigenvalue weighted by atomic mass is 16.4. The third-order valence-electron chi connectivity index (χ3n) is 2.78. The van der Waals surface area contributed by atoms with Crippen LogP contribution in [0.3, 0.4) is 0 Å². The number of likely N-dealkylation sites (tertiary alicyclic amines) is 1. The summed E-state index contributed by atoms with van der Waals surface area (Å²) in [5.74, 6) is -0.686. The lowest BCUT2D eigenvalue weighted by Gasteiger charge is -2.34. The topological polar surface area (TPSA) is 40.5 Å². The van der Waals surface area contributed by atoms with E-state index in [-0.39, 0.29) is 0 Å². The smallest absolute Gasteiger partial charge is 0.323 e. The Bertz CT molecular complexity index is 191. The van der Waals surface area contributed by atoms with E-state index in [4.69, 9.17) is 5.11 Å². The van der Waals surface area contributed by atoms with E-state index in [1.807, 2.05) is 20.8 Å². The van der Waals surface area contributed by atoms with Crippen molar-refractivity contribution >= 4 is 5.97 Å². The van der Waals surface area contributed by atoms with Crippen LogP contribution >= 0.6 is 0 Å². The molecule has 0 unspecified atom stereocenters. The molecule has 1 fully saturated rings. The van der Waals surface area contributed by atoms with Crippen LogP contribution in [0.1, 0.15) is 33.6 Å². The number of carboxylic acids is 1. The molecule has 0 amide bonds. The van der Waals surface area contributed by atoms with E-state index in [0.29, 0.717) is 6.04 Å². The van der Waals surface area contributed by atoms with Gasteiger partial charge in [0.25, 0.3) is 0 Å². The second-order valence-corrected chi connectivity index (χ2v) is 3.97. The van der Waals surface area contributed by atoms with E-state index in [1.165, 1.54) is 0 Å². The van der Waals surface area contributed by atoms with Gasteiger partial charge in [0.2, 0.25) is 0 Å². The average molecular weight is 171 g/mol. The zero-order valence-corrected chi connectivity index (χ0v) is 8.00. The molecule has 1 aliphatic heterocycles. The van der Waals surface area contributed by atoms with Crippen molar-refractivity contribution in [2.75, 3.05) is 6.54 Å². The number of nitrogens with zero attached hydrogens (tertiary/aromatic N) is 1. The number of hydrogen-bond donors (Lipinski definition) is 1. The van der Waals surface area contributed by atoms with Gasteiger partial charge in [0.05, 0.1) is 0 Å². The Morgan fingerprint density at radius 1 is 1.58 bits per heavy atom. The monoisotopic (exact) mass is 171 g/mol. The third-order valence-corrected chi connectivity index (χ3v) is 2.78. The molecule has 1 N–H and O–H groups in total. The molecular formula is C9H17NO2. The van der Waals surface area contributed by atoms with Crippen LogP contribution < -0.4 is 0 Å². The number of aliphatic carboxylic acids is 1. The summed E-state index contributed by atoms with van der Waals surface area (Å²) in [6.45, 7) is 6.84. The lowest BCUT2D eigenvalue weighted by molar-refractivity contribution is -0.149. The highest BCUT2D eigenvalue weighted by Crippen LogP contribution is 2.30. The van der Waals surface area contributed by atoms with Crippen molar-refractivity contribution in [1.29, 1.82) is 0 Å². The first-order valence-corrected chi connectivity index (χ1v) is 4.48. The number of rotatable bonds is 2. The predicted molar refractivity (Wildman–Crippen MR) is 47.1 cm³/mol. The first-order valence-electron chi connectivity index (χ1n) is 4.48. The molecular weight excluding hydrogens is 154 g/mol. The molecule has 0 saturated carbocycles. The summed E-state index contributed by atoms with van der Waals surface area (Å²) < 4.78 is 0. The summed E-state index contributed by atoms with van der Waals surface area (Å²) in [4.78, 5) is 13.1. The fraction of sp³-hybridized carbons (Fsp3) is 0.889. The van der Waals surface area contributed by atoms with Gasteiger partial charge in [-0.3, -0.25) is 9.69 Å². The van der Waals surface area contributed by atoms with Gasteiger partial charge in [0.15, 0.2) is 0 Å². The molecule has 3 heteroatoms. The minimum absolute atomic E-state index is 0.327. The molecule has 1 heterocycles. The molecule has 0 aromatic rings. The van der Waals surface area contributed by atoms with Crippen molar-refractivity contribution in [2.45, 2.75) is 45.2 Å². The third kappa shape index (κ3) is 1.33. The molecule has 12 heavy (non-hydrogen) atoms. The predicted octanol–water partition coefficient (Wildman–Crippen LogP) is 1.33. The second kappa shape index (κ2) is 3.05. The summed E-state index contributed by atoms with van der Waals surface area (Å²) in [5.41, 5.74) is -0.617. The molecule has 1 rings (SSSR count). The Balaban J connectivity index is 2.81. The molecule has 0 spiro atoms. The van der Waals surface area contributed by atoms with Gasteiger partial charge in [0.1, 0.15) is 5.54 Å². The van der Waals surface area contributed by atoms with E-state index in [1.54, 1.807) is 0 Å². The van der Waals surface area contributed by atoms with Gasteiger partial charge < -0.3 is 5.11 Å². The Labute approximate surface area is 73.4 Å². The number of carbonyl (C=O) groups is 1. The summed E-state index contributed by atoms with van der Waals surface area (Å²) in [5, 5.41) is 9.05. The van der Waals surface area contributed by atoms with Gasteiger partial charge in [-0.25, -0.2) is 0 Å². The van der Waals surface area contributed by atoms with E-state index in [2.05, 4.69) is 4.90 Å². The number of hydrogen-bond acceptors (Lipinski definition) is 2. The summed E-state index contributed by atoms with van der Waals surface area (Å²) in [7, 11) is 0. The maximum Gasteiger partial charge on any atom is 0.323 e. The SMILES string of the molecule is CC(C)N1CCC[C@]1(C)C(=O)O. The fourth-order valence-electron chi connectivity index (χ4n) is 2.04. The van der Waals surface area contributed by atoms with Crippen molar-refractivity contribution in [3.8, 4) is 0 Å². The molecule has 1 saturated heterocycles. The standard InChI is InChI=1S/C9H17NO2/c1-7(2)10-6-4-5-9(10,3)8(11)12/h7H,4-6H2,1-3H3,(H,11,12)/t9-/m1/s1. The minimum atomic E-state index is -0.686. The minimum Gasteiger partial charge on any atom is -0.480 e. The Kier molecular flexibility index (Phi) is 2.42. The second-order valence-electron chi connectivity index (χ2n) is 3.97. The Morgan fingerprint density at radius 2 is 2.17 bits per heavy atom. The molecule has 70 valence electrons. The van der Waals surface area contributed by atoms with Crippen LogP contribution in [0.25, 0.3) is 0 Å². The van der Waals surface area contributed by atoms with Crippen molar-refractivity contribution in [2.24, 2.45) is 0 Å². The first-order chi connectivity index (χ1) is 5.48.